The van der Waals surface area contributed by atoms with Gasteiger partial charge in [-0.1, -0.05) is 50.2 Å². The van der Waals surface area contributed by atoms with Crippen LogP contribution in [-0.4, -0.2) is 18.0 Å². The summed E-state index contributed by atoms with van der Waals surface area (Å²) in [6.07, 6.45) is 0. The van der Waals surface area contributed by atoms with E-state index in [1.54, 1.807) is 0 Å². The minimum atomic E-state index is 0.987. The highest BCUT2D eigenvalue weighted by atomic mass is 15.1. The van der Waals surface area contributed by atoms with Gasteiger partial charge in [0.05, 0.1) is 0 Å². The molecule has 0 aliphatic carbocycles. The Morgan fingerprint density at radius 3 is 2.10 bits per heavy atom. The van der Waals surface area contributed by atoms with E-state index in [1.807, 2.05) is 0 Å². The van der Waals surface area contributed by atoms with Gasteiger partial charge in [0.25, 0.3) is 0 Å². The number of hydrogen-bond donors (Lipinski definition) is 1. The van der Waals surface area contributed by atoms with Gasteiger partial charge < -0.3 is 5.32 Å². The average molecular weight is 282 g/mol. The normalized spacial score (nSPS) is 10.9. The van der Waals surface area contributed by atoms with Gasteiger partial charge in [0.15, 0.2) is 0 Å². The Morgan fingerprint density at radius 1 is 0.857 bits per heavy atom. The van der Waals surface area contributed by atoms with Gasteiger partial charge in [0, 0.05) is 17.9 Å². The van der Waals surface area contributed by atoms with Gasteiger partial charge in [-0.3, -0.25) is 4.90 Å². The third-order valence-corrected chi connectivity index (χ3v) is 4.05. The second-order valence-electron chi connectivity index (χ2n) is 5.51. The van der Waals surface area contributed by atoms with Crippen LogP contribution in [0.4, 0.5) is 11.4 Å². The monoisotopic (exact) mass is 282 g/mol. The Hall–Kier alpha value is -1.80. The summed E-state index contributed by atoms with van der Waals surface area (Å²) in [5, 5.41) is 3.64. The van der Waals surface area contributed by atoms with Crippen LogP contribution in [-0.2, 0) is 6.54 Å². The number of para-hydroxylation sites is 2. The summed E-state index contributed by atoms with van der Waals surface area (Å²) in [6.45, 7) is 11.9. The number of anilines is 2. The molecule has 0 atom stereocenters. The quantitative estimate of drug-likeness (QED) is 0.811. The third-order valence-electron chi connectivity index (χ3n) is 4.05. The van der Waals surface area contributed by atoms with Gasteiger partial charge in [-0.05, 0) is 49.7 Å². The van der Waals surface area contributed by atoms with Crippen molar-refractivity contribution in [1.29, 1.82) is 0 Å². The smallest absolute Gasteiger partial charge is 0.0443 e. The van der Waals surface area contributed by atoms with E-state index in [1.165, 1.54) is 28.1 Å². The van der Waals surface area contributed by atoms with Crippen LogP contribution in [0, 0.1) is 13.8 Å². The van der Waals surface area contributed by atoms with E-state index >= 15 is 0 Å². The maximum absolute atomic E-state index is 3.64. The van der Waals surface area contributed by atoms with E-state index in [9.17, 15) is 0 Å². The molecule has 0 bridgehead atoms. The predicted molar refractivity (Wildman–Crippen MR) is 92.3 cm³/mol. The maximum Gasteiger partial charge on any atom is 0.0443 e. The highest BCUT2D eigenvalue weighted by molar-refractivity contribution is 5.68. The van der Waals surface area contributed by atoms with Gasteiger partial charge >= 0.3 is 0 Å². The van der Waals surface area contributed by atoms with Crippen LogP contribution < -0.4 is 5.32 Å². The minimum absolute atomic E-state index is 0.987. The molecule has 0 unspecified atom stereocenters. The van der Waals surface area contributed by atoms with Crippen LogP contribution >= 0.6 is 0 Å². The molecule has 0 aliphatic rings. The number of nitrogens with one attached hydrogen (secondary N) is 1. The molecule has 0 heterocycles. The summed E-state index contributed by atoms with van der Waals surface area (Å²) in [5.74, 6) is 0. The van der Waals surface area contributed by atoms with Crippen LogP contribution in [0.3, 0.4) is 0 Å². The SMILES string of the molecule is CCN(CC)Cc1ccccc1Nc1c(C)cccc1C. The van der Waals surface area contributed by atoms with Crippen molar-refractivity contribution in [2.75, 3.05) is 18.4 Å². The van der Waals surface area contributed by atoms with E-state index in [2.05, 4.69) is 80.4 Å². The maximum atomic E-state index is 3.64. The van der Waals surface area contributed by atoms with Crippen molar-refractivity contribution in [1.82, 2.24) is 4.90 Å². The van der Waals surface area contributed by atoms with Gasteiger partial charge in [0.1, 0.15) is 0 Å². The molecule has 2 heteroatoms. The topological polar surface area (TPSA) is 15.3 Å². The molecule has 2 rings (SSSR count). The van der Waals surface area contributed by atoms with Gasteiger partial charge in [-0.25, -0.2) is 0 Å². The Morgan fingerprint density at radius 2 is 1.48 bits per heavy atom. The Bertz CT molecular complexity index is 566. The summed E-state index contributed by atoms with van der Waals surface area (Å²) in [4.78, 5) is 2.44. The number of nitrogens with zero attached hydrogens (tertiary/aromatic N) is 1. The number of rotatable bonds is 6. The molecule has 2 aromatic rings. The lowest BCUT2D eigenvalue weighted by molar-refractivity contribution is 0.296. The average Bonchev–Trinajstić information content (AvgIpc) is 2.50. The van der Waals surface area contributed by atoms with Gasteiger partial charge in [-0.2, -0.15) is 0 Å². The van der Waals surface area contributed by atoms with Crippen LogP contribution in [0.2, 0.25) is 0 Å². The zero-order valence-electron chi connectivity index (χ0n) is 13.6. The number of aryl methyl sites for hydroxylation is 2. The summed E-state index contributed by atoms with van der Waals surface area (Å²) in [6, 6.07) is 15.0. The molecule has 0 aromatic heterocycles. The molecular weight excluding hydrogens is 256 g/mol. The van der Waals surface area contributed by atoms with E-state index < -0.39 is 0 Å². The third kappa shape index (κ3) is 3.85. The molecule has 0 radical (unpaired) electrons. The summed E-state index contributed by atoms with van der Waals surface area (Å²) in [7, 11) is 0. The molecule has 0 saturated heterocycles. The molecule has 1 N–H and O–H groups in total. The van der Waals surface area contributed by atoms with Crippen molar-refractivity contribution in [2.45, 2.75) is 34.2 Å². The molecule has 0 aliphatic heterocycles. The van der Waals surface area contributed by atoms with Gasteiger partial charge in [0.2, 0.25) is 0 Å². The Labute approximate surface area is 128 Å². The standard InChI is InChI=1S/C19H26N2/c1-5-21(6-2)14-17-12-7-8-13-18(17)20-19-15(3)10-9-11-16(19)4/h7-13,20H,5-6,14H2,1-4H3. The number of hydrogen-bond acceptors (Lipinski definition) is 2. The summed E-state index contributed by atoms with van der Waals surface area (Å²) in [5.41, 5.74) is 6.36. The van der Waals surface area contributed by atoms with E-state index in [-0.39, 0.29) is 0 Å². The molecule has 0 saturated carbocycles. The van der Waals surface area contributed by atoms with Crippen molar-refractivity contribution in [3.63, 3.8) is 0 Å². The predicted octanol–water partition coefficient (Wildman–Crippen LogP) is 4.89. The zero-order chi connectivity index (χ0) is 15.2. The summed E-state index contributed by atoms with van der Waals surface area (Å²) < 4.78 is 0. The van der Waals surface area contributed by atoms with Crippen LogP contribution in [0.1, 0.15) is 30.5 Å². The van der Waals surface area contributed by atoms with E-state index in [0.29, 0.717) is 0 Å². The zero-order valence-corrected chi connectivity index (χ0v) is 13.6. The highest BCUT2D eigenvalue weighted by Crippen LogP contribution is 2.27. The molecule has 0 fully saturated rings. The first-order chi connectivity index (χ1) is 10.2. The first kappa shape index (κ1) is 15.6. The second kappa shape index (κ2) is 7.28. The van der Waals surface area contributed by atoms with Crippen LogP contribution in [0.25, 0.3) is 0 Å². The van der Waals surface area contributed by atoms with Crippen molar-refractivity contribution in [3.05, 3.63) is 59.2 Å². The molecule has 0 spiro atoms. The molecule has 112 valence electrons. The van der Waals surface area contributed by atoms with E-state index in [0.717, 1.165) is 19.6 Å². The second-order valence-corrected chi connectivity index (χ2v) is 5.51. The number of benzene rings is 2. The van der Waals surface area contributed by atoms with Crippen LogP contribution in [0.15, 0.2) is 42.5 Å². The lowest BCUT2D eigenvalue weighted by Gasteiger charge is -2.21. The first-order valence-electron chi connectivity index (χ1n) is 7.79. The summed E-state index contributed by atoms with van der Waals surface area (Å²) >= 11 is 0. The molecule has 2 nitrogen and oxygen atoms in total. The highest BCUT2D eigenvalue weighted by Gasteiger charge is 2.08. The van der Waals surface area contributed by atoms with E-state index in [4.69, 9.17) is 0 Å². The minimum Gasteiger partial charge on any atom is -0.355 e. The molecule has 2 aromatic carbocycles. The Balaban J connectivity index is 2.28. The lowest BCUT2D eigenvalue weighted by Crippen LogP contribution is -2.22. The largest absolute Gasteiger partial charge is 0.355 e. The van der Waals surface area contributed by atoms with Crippen molar-refractivity contribution in [2.24, 2.45) is 0 Å². The molecule has 0 amide bonds. The fourth-order valence-electron chi connectivity index (χ4n) is 2.61. The fourth-order valence-corrected chi connectivity index (χ4v) is 2.61. The van der Waals surface area contributed by atoms with Crippen molar-refractivity contribution < 1.29 is 0 Å². The van der Waals surface area contributed by atoms with Crippen molar-refractivity contribution >= 4 is 11.4 Å². The molecular formula is C19H26N2. The van der Waals surface area contributed by atoms with Gasteiger partial charge in [-0.15, -0.1) is 0 Å². The lowest BCUT2D eigenvalue weighted by atomic mass is 10.1. The first-order valence-corrected chi connectivity index (χ1v) is 7.79. The Kier molecular flexibility index (Phi) is 5.40. The van der Waals surface area contributed by atoms with Crippen LogP contribution in [0.5, 0.6) is 0 Å². The molecule has 21 heavy (non-hydrogen) atoms. The fraction of sp³-hybridized carbons (Fsp3) is 0.368. The van der Waals surface area contributed by atoms with Crippen molar-refractivity contribution in [3.8, 4) is 0 Å².